The van der Waals surface area contributed by atoms with Crippen LogP contribution in [0, 0.1) is 0 Å². The fourth-order valence-electron chi connectivity index (χ4n) is 2.05. The second kappa shape index (κ2) is 6.77. The summed E-state index contributed by atoms with van der Waals surface area (Å²) < 4.78 is 0. The van der Waals surface area contributed by atoms with Gasteiger partial charge in [0, 0.05) is 17.3 Å². The molecular weight excluding hydrogens is 288 g/mol. The molecule has 0 spiro atoms. The number of benzene rings is 1. The first-order valence-electron chi connectivity index (χ1n) is 7.76. The van der Waals surface area contributed by atoms with Gasteiger partial charge in [0.1, 0.15) is 17.8 Å². The summed E-state index contributed by atoms with van der Waals surface area (Å²) in [6, 6.07) is 9.83. The van der Waals surface area contributed by atoms with E-state index < -0.39 is 0 Å². The van der Waals surface area contributed by atoms with E-state index in [-0.39, 0.29) is 11.4 Å². The molecule has 1 heterocycles. The molecule has 0 aliphatic heterocycles. The van der Waals surface area contributed by atoms with Crippen LogP contribution in [-0.2, 0) is 0 Å². The molecule has 5 heteroatoms. The molecule has 2 aromatic rings. The molecule has 5 nitrogen and oxygen atoms in total. The lowest BCUT2D eigenvalue weighted by Crippen LogP contribution is -2.40. The van der Waals surface area contributed by atoms with Gasteiger partial charge in [0.05, 0.1) is 0 Å². The van der Waals surface area contributed by atoms with Crippen LogP contribution in [0.5, 0.6) is 0 Å². The monoisotopic (exact) mass is 312 g/mol. The number of nitrogens with zero attached hydrogens (tertiary/aromatic N) is 2. The largest absolute Gasteiger partial charge is 0.346 e. The van der Waals surface area contributed by atoms with Crippen molar-refractivity contribution >= 4 is 17.4 Å². The Balaban J connectivity index is 2.12. The summed E-state index contributed by atoms with van der Waals surface area (Å²) in [6.45, 7) is 10.1. The fourth-order valence-corrected chi connectivity index (χ4v) is 2.05. The first kappa shape index (κ1) is 16.9. The van der Waals surface area contributed by atoms with Gasteiger partial charge in [-0.1, -0.05) is 26.0 Å². The number of anilines is 2. The van der Waals surface area contributed by atoms with E-state index in [1.165, 1.54) is 11.9 Å². The molecule has 2 N–H and O–H groups in total. The third kappa shape index (κ3) is 5.06. The van der Waals surface area contributed by atoms with Crippen LogP contribution in [0.2, 0.25) is 0 Å². The lowest BCUT2D eigenvalue weighted by molar-refractivity contribution is 0.0914. The summed E-state index contributed by atoms with van der Waals surface area (Å²) in [4.78, 5) is 20.4. The summed E-state index contributed by atoms with van der Waals surface area (Å²) in [5.41, 5.74) is 2.25. The molecule has 0 fully saturated rings. The van der Waals surface area contributed by atoms with Gasteiger partial charge in [-0.3, -0.25) is 4.79 Å². The molecule has 0 aliphatic rings. The number of hydrogen-bond donors (Lipinski definition) is 2. The van der Waals surface area contributed by atoms with E-state index in [2.05, 4.69) is 46.6 Å². The summed E-state index contributed by atoms with van der Waals surface area (Å²) in [7, 11) is 0. The van der Waals surface area contributed by atoms with Crippen molar-refractivity contribution in [2.24, 2.45) is 0 Å². The molecule has 1 aromatic carbocycles. The Kier molecular flexibility index (Phi) is 4.98. The van der Waals surface area contributed by atoms with Crippen LogP contribution >= 0.6 is 0 Å². The van der Waals surface area contributed by atoms with Crippen LogP contribution in [0.25, 0.3) is 0 Å². The van der Waals surface area contributed by atoms with Crippen molar-refractivity contribution in [2.45, 2.75) is 46.1 Å². The Morgan fingerprint density at radius 3 is 2.30 bits per heavy atom. The zero-order valence-electron chi connectivity index (χ0n) is 14.3. The highest BCUT2D eigenvalue weighted by molar-refractivity contribution is 5.93. The van der Waals surface area contributed by atoms with Crippen LogP contribution in [0.15, 0.2) is 36.7 Å². The summed E-state index contributed by atoms with van der Waals surface area (Å²) in [5.74, 6) is 0.880. The average molecular weight is 312 g/mol. The van der Waals surface area contributed by atoms with Crippen molar-refractivity contribution in [1.29, 1.82) is 0 Å². The average Bonchev–Trinajstić information content (AvgIpc) is 2.46. The van der Waals surface area contributed by atoms with Gasteiger partial charge in [-0.15, -0.1) is 0 Å². The van der Waals surface area contributed by atoms with Gasteiger partial charge in [0.2, 0.25) is 0 Å². The third-order valence-electron chi connectivity index (χ3n) is 3.24. The van der Waals surface area contributed by atoms with Crippen molar-refractivity contribution in [3.8, 4) is 0 Å². The predicted octanol–water partition coefficient (Wildman–Crippen LogP) is 3.87. The quantitative estimate of drug-likeness (QED) is 0.899. The van der Waals surface area contributed by atoms with Gasteiger partial charge in [-0.2, -0.15) is 0 Å². The topological polar surface area (TPSA) is 66.9 Å². The Morgan fingerprint density at radius 1 is 1.09 bits per heavy atom. The van der Waals surface area contributed by atoms with E-state index in [1.54, 1.807) is 6.07 Å². The van der Waals surface area contributed by atoms with Crippen LogP contribution in [0.3, 0.4) is 0 Å². The van der Waals surface area contributed by atoms with Crippen molar-refractivity contribution in [3.05, 3.63) is 47.9 Å². The van der Waals surface area contributed by atoms with Crippen molar-refractivity contribution in [3.63, 3.8) is 0 Å². The van der Waals surface area contributed by atoms with Gasteiger partial charge >= 0.3 is 0 Å². The number of rotatable bonds is 4. The van der Waals surface area contributed by atoms with Crippen molar-refractivity contribution < 1.29 is 4.79 Å². The predicted molar refractivity (Wildman–Crippen MR) is 93.1 cm³/mol. The maximum Gasteiger partial charge on any atom is 0.270 e. The molecule has 0 unspecified atom stereocenters. The van der Waals surface area contributed by atoms with Gasteiger partial charge in [0.25, 0.3) is 5.91 Å². The molecule has 0 saturated carbocycles. The van der Waals surface area contributed by atoms with E-state index in [1.807, 2.05) is 32.9 Å². The number of amides is 1. The van der Waals surface area contributed by atoms with E-state index in [4.69, 9.17) is 0 Å². The maximum atomic E-state index is 12.2. The molecule has 1 amide bonds. The number of hydrogen-bond acceptors (Lipinski definition) is 4. The summed E-state index contributed by atoms with van der Waals surface area (Å²) in [6.07, 6.45) is 1.39. The molecule has 0 aliphatic carbocycles. The summed E-state index contributed by atoms with van der Waals surface area (Å²) in [5, 5.41) is 6.09. The Bertz CT molecular complexity index is 672. The Labute approximate surface area is 137 Å². The van der Waals surface area contributed by atoms with E-state index in [0.717, 1.165) is 5.69 Å². The number of nitrogens with one attached hydrogen (secondary N) is 2. The van der Waals surface area contributed by atoms with Crippen molar-refractivity contribution in [2.75, 3.05) is 5.32 Å². The molecule has 0 radical (unpaired) electrons. The molecule has 23 heavy (non-hydrogen) atoms. The standard InChI is InChI=1S/C18H24N4O/c1-12(2)13-6-8-14(9-7-13)21-16-10-15(19-11-20-16)17(23)22-18(3,4)5/h6-12H,1-5H3,(H,22,23)(H,19,20,21). The highest BCUT2D eigenvalue weighted by Crippen LogP contribution is 2.19. The van der Waals surface area contributed by atoms with Crippen LogP contribution in [0.1, 0.15) is 56.6 Å². The molecule has 0 saturated heterocycles. The number of carbonyl (C=O) groups excluding carboxylic acids is 1. The maximum absolute atomic E-state index is 12.2. The minimum Gasteiger partial charge on any atom is -0.346 e. The minimum atomic E-state index is -0.303. The Morgan fingerprint density at radius 2 is 1.74 bits per heavy atom. The van der Waals surface area contributed by atoms with Crippen LogP contribution in [-0.4, -0.2) is 21.4 Å². The smallest absolute Gasteiger partial charge is 0.270 e. The third-order valence-corrected chi connectivity index (χ3v) is 3.24. The van der Waals surface area contributed by atoms with Gasteiger partial charge < -0.3 is 10.6 Å². The second-order valence-corrected chi connectivity index (χ2v) is 6.89. The summed E-state index contributed by atoms with van der Waals surface area (Å²) >= 11 is 0. The zero-order chi connectivity index (χ0) is 17.0. The number of carbonyl (C=O) groups is 1. The first-order valence-corrected chi connectivity index (χ1v) is 7.76. The van der Waals surface area contributed by atoms with E-state index in [9.17, 15) is 4.79 Å². The highest BCUT2D eigenvalue weighted by Gasteiger charge is 2.16. The SMILES string of the molecule is CC(C)c1ccc(Nc2cc(C(=O)NC(C)(C)C)ncn2)cc1. The molecule has 1 aromatic heterocycles. The lowest BCUT2D eigenvalue weighted by Gasteiger charge is -2.20. The van der Waals surface area contributed by atoms with E-state index >= 15 is 0 Å². The Hall–Kier alpha value is -2.43. The van der Waals surface area contributed by atoms with Crippen LogP contribution in [0.4, 0.5) is 11.5 Å². The number of aromatic nitrogens is 2. The molecule has 0 atom stereocenters. The normalized spacial score (nSPS) is 11.4. The minimum absolute atomic E-state index is 0.210. The zero-order valence-corrected chi connectivity index (χ0v) is 14.3. The van der Waals surface area contributed by atoms with Gasteiger partial charge in [-0.25, -0.2) is 9.97 Å². The molecule has 0 bridgehead atoms. The fraction of sp³-hybridized carbons (Fsp3) is 0.389. The first-order chi connectivity index (χ1) is 10.7. The highest BCUT2D eigenvalue weighted by atomic mass is 16.2. The van der Waals surface area contributed by atoms with Crippen molar-refractivity contribution in [1.82, 2.24) is 15.3 Å². The lowest BCUT2D eigenvalue weighted by atomic mass is 10.0. The van der Waals surface area contributed by atoms with E-state index in [0.29, 0.717) is 17.4 Å². The van der Waals surface area contributed by atoms with Gasteiger partial charge in [0.15, 0.2) is 0 Å². The second-order valence-electron chi connectivity index (χ2n) is 6.89. The van der Waals surface area contributed by atoms with Gasteiger partial charge in [-0.05, 0) is 44.4 Å². The van der Waals surface area contributed by atoms with Crippen LogP contribution < -0.4 is 10.6 Å². The molecule has 2 rings (SSSR count). The molecule has 122 valence electrons. The molecular formula is C18H24N4O.